The maximum atomic E-state index is 12.9. The van der Waals surface area contributed by atoms with E-state index >= 15 is 0 Å². The van der Waals surface area contributed by atoms with Crippen molar-refractivity contribution in [1.29, 1.82) is 0 Å². The summed E-state index contributed by atoms with van der Waals surface area (Å²) >= 11 is 0. The van der Waals surface area contributed by atoms with Gasteiger partial charge in [0.25, 0.3) is 0 Å². The largest absolute Gasteiger partial charge is 0.366 e. The molecule has 1 unspecified atom stereocenters. The van der Waals surface area contributed by atoms with E-state index in [1.807, 2.05) is 26.0 Å². The van der Waals surface area contributed by atoms with Crippen LogP contribution >= 0.6 is 0 Å². The third kappa shape index (κ3) is 4.39. The molecule has 3 amide bonds. The number of pyridine rings is 1. The van der Waals surface area contributed by atoms with Crippen LogP contribution in [0.3, 0.4) is 0 Å². The number of aromatic nitrogens is 1. The summed E-state index contributed by atoms with van der Waals surface area (Å²) in [5, 5.41) is 2.53. The molecule has 2 atom stereocenters. The van der Waals surface area contributed by atoms with E-state index in [1.54, 1.807) is 4.90 Å². The molecule has 0 radical (unpaired) electrons. The predicted molar refractivity (Wildman–Crippen MR) is 109 cm³/mol. The lowest BCUT2D eigenvalue weighted by molar-refractivity contribution is -0.146. The van der Waals surface area contributed by atoms with E-state index in [1.165, 1.54) is 18.5 Å². The van der Waals surface area contributed by atoms with Crippen LogP contribution in [0.2, 0.25) is 0 Å². The van der Waals surface area contributed by atoms with Crippen molar-refractivity contribution in [3.8, 4) is 0 Å². The summed E-state index contributed by atoms with van der Waals surface area (Å²) in [5.74, 6) is -1.69. The lowest BCUT2D eigenvalue weighted by Gasteiger charge is -2.38. The molecule has 0 aliphatic carbocycles. The maximum Gasteiger partial charge on any atom is 0.313 e. The topological polar surface area (TPSA) is 105 Å². The second-order valence-corrected chi connectivity index (χ2v) is 7.35. The van der Waals surface area contributed by atoms with Crippen molar-refractivity contribution in [3.63, 3.8) is 0 Å². The highest BCUT2D eigenvalue weighted by molar-refractivity contribution is 6.39. The van der Waals surface area contributed by atoms with Crippen LogP contribution in [0.25, 0.3) is 0 Å². The van der Waals surface area contributed by atoms with Gasteiger partial charge >= 0.3 is 11.8 Å². The number of hydrogen-bond donors (Lipinski definition) is 2. The minimum atomic E-state index is -0.754. The average Bonchev–Trinajstić information content (AvgIpc) is 2.67. The molecule has 28 heavy (non-hydrogen) atoms. The number of carbonyl (C=O) groups excluding carboxylic acids is 3. The van der Waals surface area contributed by atoms with Crippen LogP contribution in [0.15, 0.2) is 42.7 Å². The van der Waals surface area contributed by atoms with Crippen LogP contribution < -0.4 is 16.5 Å². The van der Waals surface area contributed by atoms with Gasteiger partial charge in [-0.1, -0.05) is 36.7 Å². The zero-order chi connectivity index (χ0) is 20.3. The number of nitrogens with two attached hydrogens (primary N) is 1. The first kappa shape index (κ1) is 19.6. The summed E-state index contributed by atoms with van der Waals surface area (Å²) in [5.41, 5.74) is 7.80. The molecule has 8 heteroatoms. The Kier molecular flexibility index (Phi) is 5.77. The number of amides is 3. The number of carbonyl (C=O) groups is 3. The Morgan fingerprint density at radius 1 is 1.21 bits per heavy atom. The fraction of sp³-hybridized carbons (Fsp3) is 0.300. The highest BCUT2D eigenvalue weighted by atomic mass is 16.2. The quantitative estimate of drug-likeness (QED) is 0.595. The van der Waals surface area contributed by atoms with Crippen LogP contribution in [0.4, 0.5) is 5.69 Å². The number of primary amides is 1. The van der Waals surface area contributed by atoms with Crippen LogP contribution in [0, 0.1) is 5.92 Å². The molecule has 1 saturated heterocycles. The molecule has 7 nitrogen and oxygen atoms in total. The lowest BCUT2D eigenvalue weighted by atomic mass is 9.86. The third-order valence-corrected chi connectivity index (χ3v) is 4.98. The number of likely N-dealkylation sites (tertiary alicyclic amines) is 1. The van der Waals surface area contributed by atoms with Gasteiger partial charge in [0.1, 0.15) is 7.85 Å². The lowest BCUT2D eigenvalue weighted by Crippen LogP contribution is -2.46. The first-order valence-electron chi connectivity index (χ1n) is 9.28. The molecule has 2 aromatic rings. The van der Waals surface area contributed by atoms with Crippen LogP contribution in [-0.2, 0) is 9.59 Å². The van der Waals surface area contributed by atoms with Crippen LogP contribution in [0.1, 0.15) is 41.7 Å². The van der Waals surface area contributed by atoms with Crippen molar-refractivity contribution in [2.75, 3.05) is 11.9 Å². The highest BCUT2D eigenvalue weighted by Gasteiger charge is 2.34. The van der Waals surface area contributed by atoms with Crippen molar-refractivity contribution >= 4 is 36.7 Å². The molecule has 3 rings (SSSR count). The van der Waals surface area contributed by atoms with E-state index in [4.69, 9.17) is 5.73 Å². The van der Waals surface area contributed by atoms with E-state index in [-0.39, 0.29) is 17.3 Å². The minimum absolute atomic E-state index is 0.135. The van der Waals surface area contributed by atoms with Crippen molar-refractivity contribution in [2.45, 2.75) is 25.8 Å². The molecule has 1 aliphatic heterocycles. The van der Waals surface area contributed by atoms with E-state index in [0.29, 0.717) is 12.5 Å². The van der Waals surface area contributed by atoms with Crippen LogP contribution in [0.5, 0.6) is 0 Å². The predicted octanol–water partition coefficient (Wildman–Crippen LogP) is 0.377. The molecule has 0 bridgehead atoms. The first-order valence-corrected chi connectivity index (χ1v) is 9.28. The zero-order valence-electron chi connectivity index (χ0n) is 16.0. The van der Waals surface area contributed by atoms with Gasteiger partial charge in [0.15, 0.2) is 0 Å². The monoisotopic (exact) mass is 378 g/mol. The number of rotatable bonds is 3. The first-order chi connectivity index (χ1) is 13.3. The molecule has 1 aromatic carbocycles. The molecule has 1 aromatic heterocycles. The molecular formula is C20H23BN4O3. The van der Waals surface area contributed by atoms with Crippen molar-refractivity contribution in [1.82, 2.24) is 9.88 Å². The normalized spacial score (nSPS) is 19.1. The van der Waals surface area contributed by atoms with Gasteiger partial charge in [-0.3, -0.25) is 19.4 Å². The summed E-state index contributed by atoms with van der Waals surface area (Å²) in [4.78, 5) is 42.3. The summed E-state index contributed by atoms with van der Waals surface area (Å²) in [6.07, 6.45) is 4.48. The van der Waals surface area contributed by atoms with Gasteiger partial charge < -0.3 is 16.0 Å². The maximum absolute atomic E-state index is 12.9. The Hall–Kier alpha value is -3.16. The smallest absolute Gasteiger partial charge is 0.313 e. The number of piperidine rings is 1. The van der Waals surface area contributed by atoms with E-state index in [0.717, 1.165) is 23.9 Å². The van der Waals surface area contributed by atoms with Gasteiger partial charge in [-0.15, -0.1) is 0 Å². The van der Waals surface area contributed by atoms with E-state index in [9.17, 15) is 14.4 Å². The number of hydrogen-bond acceptors (Lipinski definition) is 4. The zero-order valence-corrected chi connectivity index (χ0v) is 16.0. The number of benzene rings is 1. The van der Waals surface area contributed by atoms with E-state index < -0.39 is 17.7 Å². The summed E-state index contributed by atoms with van der Waals surface area (Å²) in [6.45, 7) is 2.59. The molecule has 144 valence electrons. The fourth-order valence-electron chi connectivity index (χ4n) is 3.56. The second-order valence-electron chi connectivity index (χ2n) is 7.35. The Morgan fingerprint density at radius 3 is 2.71 bits per heavy atom. The van der Waals surface area contributed by atoms with Crippen molar-refractivity contribution in [3.05, 3.63) is 53.9 Å². The number of anilines is 1. The molecule has 0 spiro atoms. The molecule has 3 N–H and O–H groups in total. The Bertz CT molecular complexity index is 918. The van der Waals surface area contributed by atoms with Gasteiger partial charge in [0.2, 0.25) is 5.91 Å². The van der Waals surface area contributed by atoms with E-state index in [2.05, 4.69) is 23.3 Å². The SMILES string of the molecule is Bc1cccc(C2CC[C@@H](C)CN2C(=O)C(=O)Nc2cncc(C(N)=O)c2)c1. The molecule has 1 fully saturated rings. The van der Waals surface area contributed by atoms with Crippen molar-refractivity contribution < 1.29 is 14.4 Å². The van der Waals surface area contributed by atoms with Gasteiger partial charge in [0.05, 0.1) is 23.5 Å². The van der Waals surface area contributed by atoms with Gasteiger partial charge in [0, 0.05) is 12.7 Å². The Labute approximate surface area is 164 Å². The fourth-order valence-corrected chi connectivity index (χ4v) is 3.56. The van der Waals surface area contributed by atoms with Gasteiger partial charge in [-0.25, -0.2) is 0 Å². The third-order valence-electron chi connectivity index (χ3n) is 4.98. The molecule has 0 saturated carbocycles. The Morgan fingerprint density at radius 2 is 2.00 bits per heavy atom. The minimum Gasteiger partial charge on any atom is -0.366 e. The highest BCUT2D eigenvalue weighted by Crippen LogP contribution is 2.33. The molecule has 2 heterocycles. The summed E-state index contributed by atoms with van der Waals surface area (Å²) in [7, 11) is 2.01. The second kappa shape index (κ2) is 8.25. The van der Waals surface area contributed by atoms with Gasteiger partial charge in [-0.2, -0.15) is 0 Å². The molecular weight excluding hydrogens is 355 g/mol. The summed E-state index contributed by atoms with van der Waals surface area (Å²) in [6, 6.07) is 9.28. The van der Waals surface area contributed by atoms with Gasteiger partial charge in [-0.05, 0) is 30.4 Å². The standard InChI is InChI=1S/C20H23BN4O3/c1-12-5-6-17(13-3-2-4-15(21)7-13)25(11-12)20(28)19(27)24-16-8-14(18(22)26)9-23-10-16/h2-4,7-10,12,17H,5-6,11,21H2,1H3,(H2,22,26)(H,24,27)/t12-,17?/m1/s1. The summed E-state index contributed by atoms with van der Waals surface area (Å²) < 4.78 is 0. The average molecular weight is 378 g/mol. The Balaban J connectivity index is 1.80. The molecule has 1 aliphatic rings. The number of nitrogens with zero attached hydrogens (tertiary/aromatic N) is 2. The van der Waals surface area contributed by atoms with Crippen molar-refractivity contribution in [2.24, 2.45) is 11.7 Å². The van der Waals surface area contributed by atoms with Crippen LogP contribution in [-0.4, -0.2) is 42.0 Å². The number of nitrogens with one attached hydrogen (secondary N) is 1.